The molecule has 0 aromatic carbocycles. The SMILES string of the molecule is CCN1CC(=O)N(CC(N)C(=O)O)CC1=O. The third kappa shape index (κ3) is 2.69. The van der Waals surface area contributed by atoms with Gasteiger partial charge in [0.05, 0.1) is 13.1 Å². The lowest BCUT2D eigenvalue weighted by Gasteiger charge is -2.33. The molecule has 1 heterocycles. The Morgan fingerprint density at radius 2 is 1.88 bits per heavy atom. The van der Waals surface area contributed by atoms with E-state index >= 15 is 0 Å². The zero-order valence-corrected chi connectivity index (χ0v) is 9.05. The summed E-state index contributed by atoms with van der Waals surface area (Å²) in [5.74, 6) is -1.63. The molecule has 1 aliphatic heterocycles. The minimum absolute atomic E-state index is 0.00166. The molecule has 0 aromatic heterocycles. The van der Waals surface area contributed by atoms with Gasteiger partial charge in [0.1, 0.15) is 6.04 Å². The molecule has 16 heavy (non-hydrogen) atoms. The minimum Gasteiger partial charge on any atom is -0.480 e. The van der Waals surface area contributed by atoms with Gasteiger partial charge in [-0.05, 0) is 6.92 Å². The molecular formula is C9H15N3O4. The first kappa shape index (κ1) is 12.4. The third-order valence-electron chi connectivity index (χ3n) is 2.47. The first-order chi connectivity index (χ1) is 7.45. The van der Waals surface area contributed by atoms with Crippen LogP contribution in [0.1, 0.15) is 6.92 Å². The summed E-state index contributed by atoms with van der Waals surface area (Å²) in [6.45, 7) is 2.04. The number of likely N-dealkylation sites (N-methyl/N-ethyl adjacent to an activating group) is 1. The molecule has 0 saturated carbocycles. The van der Waals surface area contributed by atoms with E-state index in [1.165, 1.54) is 9.80 Å². The molecule has 0 radical (unpaired) electrons. The number of aliphatic carboxylic acids is 1. The van der Waals surface area contributed by atoms with Crippen molar-refractivity contribution in [1.82, 2.24) is 9.80 Å². The second kappa shape index (κ2) is 4.93. The van der Waals surface area contributed by atoms with Gasteiger partial charge in [-0.25, -0.2) is 0 Å². The van der Waals surface area contributed by atoms with Gasteiger partial charge >= 0.3 is 5.97 Å². The van der Waals surface area contributed by atoms with Gasteiger partial charge in [0.25, 0.3) is 0 Å². The van der Waals surface area contributed by atoms with Crippen molar-refractivity contribution in [1.29, 1.82) is 0 Å². The summed E-state index contributed by atoms with van der Waals surface area (Å²) < 4.78 is 0. The molecule has 7 heteroatoms. The summed E-state index contributed by atoms with van der Waals surface area (Å²) in [4.78, 5) is 36.2. The van der Waals surface area contributed by atoms with Gasteiger partial charge < -0.3 is 20.6 Å². The van der Waals surface area contributed by atoms with Crippen LogP contribution < -0.4 is 5.73 Å². The number of piperazine rings is 1. The molecule has 1 atom stereocenters. The number of amides is 2. The largest absolute Gasteiger partial charge is 0.480 e. The van der Waals surface area contributed by atoms with Gasteiger partial charge in [-0.15, -0.1) is 0 Å². The van der Waals surface area contributed by atoms with E-state index in [1.807, 2.05) is 0 Å². The average Bonchev–Trinajstić information content (AvgIpc) is 2.22. The zero-order chi connectivity index (χ0) is 12.3. The Labute approximate surface area is 92.8 Å². The van der Waals surface area contributed by atoms with E-state index < -0.39 is 12.0 Å². The minimum atomic E-state index is -1.18. The Kier molecular flexibility index (Phi) is 3.83. The van der Waals surface area contributed by atoms with Crippen molar-refractivity contribution < 1.29 is 19.5 Å². The van der Waals surface area contributed by atoms with Gasteiger partial charge in [-0.3, -0.25) is 14.4 Å². The van der Waals surface area contributed by atoms with Crippen LogP contribution in [0.3, 0.4) is 0 Å². The van der Waals surface area contributed by atoms with Crippen LogP contribution in [0.15, 0.2) is 0 Å². The number of hydrogen-bond acceptors (Lipinski definition) is 4. The molecule has 1 unspecified atom stereocenters. The van der Waals surface area contributed by atoms with Crippen molar-refractivity contribution in [2.45, 2.75) is 13.0 Å². The predicted octanol–water partition coefficient (Wildman–Crippen LogP) is -1.91. The smallest absolute Gasteiger partial charge is 0.322 e. The topological polar surface area (TPSA) is 104 Å². The molecule has 3 N–H and O–H groups in total. The highest BCUT2D eigenvalue weighted by Gasteiger charge is 2.30. The van der Waals surface area contributed by atoms with Crippen LogP contribution in [0, 0.1) is 0 Å². The Bertz CT molecular complexity index is 318. The fraction of sp³-hybridized carbons (Fsp3) is 0.667. The molecule has 0 aliphatic carbocycles. The molecule has 0 aromatic rings. The van der Waals surface area contributed by atoms with Crippen molar-refractivity contribution in [3.05, 3.63) is 0 Å². The maximum atomic E-state index is 11.6. The van der Waals surface area contributed by atoms with Crippen LogP contribution in [0.25, 0.3) is 0 Å². The van der Waals surface area contributed by atoms with Crippen LogP contribution in [0.2, 0.25) is 0 Å². The van der Waals surface area contributed by atoms with Crippen molar-refractivity contribution in [3.8, 4) is 0 Å². The Morgan fingerprint density at radius 3 is 2.38 bits per heavy atom. The second-order valence-electron chi connectivity index (χ2n) is 3.63. The summed E-state index contributed by atoms with van der Waals surface area (Å²) in [6, 6.07) is -1.15. The van der Waals surface area contributed by atoms with E-state index in [4.69, 9.17) is 10.8 Å². The molecule has 7 nitrogen and oxygen atoms in total. The van der Waals surface area contributed by atoms with Gasteiger partial charge in [0, 0.05) is 13.1 Å². The summed E-state index contributed by atoms with van der Waals surface area (Å²) in [5.41, 5.74) is 5.30. The lowest BCUT2D eigenvalue weighted by Crippen LogP contribution is -2.56. The maximum absolute atomic E-state index is 11.6. The van der Waals surface area contributed by atoms with Crippen molar-refractivity contribution >= 4 is 17.8 Å². The first-order valence-corrected chi connectivity index (χ1v) is 4.99. The van der Waals surface area contributed by atoms with Crippen LogP contribution in [0.4, 0.5) is 0 Å². The lowest BCUT2D eigenvalue weighted by molar-refractivity contribution is -0.151. The maximum Gasteiger partial charge on any atom is 0.322 e. The fourth-order valence-corrected chi connectivity index (χ4v) is 1.47. The number of carbonyl (C=O) groups excluding carboxylic acids is 2. The molecule has 0 spiro atoms. The molecule has 1 saturated heterocycles. The summed E-state index contributed by atoms with van der Waals surface area (Å²) in [7, 11) is 0. The van der Waals surface area contributed by atoms with Gasteiger partial charge in [0.15, 0.2) is 0 Å². The summed E-state index contributed by atoms with van der Waals surface area (Å²) in [5, 5.41) is 8.60. The van der Waals surface area contributed by atoms with Gasteiger partial charge in [0.2, 0.25) is 11.8 Å². The zero-order valence-electron chi connectivity index (χ0n) is 9.05. The normalized spacial score (nSPS) is 18.9. The Morgan fingerprint density at radius 1 is 1.38 bits per heavy atom. The monoisotopic (exact) mass is 229 g/mol. The number of rotatable bonds is 4. The average molecular weight is 229 g/mol. The van der Waals surface area contributed by atoms with Crippen LogP contribution in [-0.4, -0.2) is 64.9 Å². The van der Waals surface area contributed by atoms with E-state index in [0.717, 1.165) is 0 Å². The fourth-order valence-electron chi connectivity index (χ4n) is 1.47. The molecular weight excluding hydrogens is 214 g/mol. The number of hydrogen-bond donors (Lipinski definition) is 2. The quantitative estimate of drug-likeness (QED) is 0.585. The van der Waals surface area contributed by atoms with Crippen LogP contribution in [-0.2, 0) is 14.4 Å². The van der Waals surface area contributed by atoms with Gasteiger partial charge in [-0.1, -0.05) is 0 Å². The van der Waals surface area contributed by atoms with Crippen molar-refractivity contribution in [2.24, 2.45) is 5.73 Å². The summed E-state index contributed by atoms with van der Waals surface area (Å²) >= 11 is 0. The number of nitrogens with zero attached hydrogens (tertiary/aromatic N) is 2. The molecule has 1 fully saturated rings. The Balaban J connectivity index is 2.60. The standard InChI is InChI=1S/C9H15N3O4/c1-2-11-4-8(14)12(5-7(11)13)3-6(10)9(15)16/h6H,2-5,10H2,1H3,(H,15,16). The molecule has 2 amide bonds. The summed E-state index contributed by atoms with van der Waals surface area (Å²) in [6.07, 6.45) is 0. The molecule has 90 valence electrons. The molecule has 1 rings (SSSR count). The van der Waals surface area contributed by atoms with Gasteiger partial charge in [-0.2, -0.15) is 0 Å². The highest BCUT2D eigenvalue weighted by atomic mass is 16.4. The highest BCUT2D eigenvalue weighted by Crippen LogP contribution is 2.05. The lowest BCUT2D eigenvalue weighted by atomic mass is 10.2. The second-order valence-corrected chi connectivity index (χ2v) is 3.63. The van der Waals surface area contributed by atoms with E-state index in [2.05, 4.69) is 0 Å². The van der Waals surface area contributed by atoms with E-state index in [1.54, 1.807) is 6.92 Å². The predicted molar refractivity (Wildman–Crippen MR) is 54.4 cm³/mol. The molecule has 0 bridgehead atoms. The van der Waals surface area contributed by atoms with E-state index in [9.17, 15) is 14.4 Å². The van der Waals surface area contributed by atoms with E-state index in [-0.39, 0.29) is 31.4 Å². The van der Waals surface area contributed by atoms with Crippen LogP contribution >= 0.6 is 0 Å². The van der Waals surface area contributed by atoms with Crippen molar-refractivity contribution in [3.63, 3.8) is 0 Å². The van der Waals surface area contributed by atoms with Crippen molar-refractivity contribution in [2.75, 3.05) is 26.2 Å². The van der Waals surface area contributed by atoms with Crippen LogP contribution in [0.5, 0.6) is 0 Å². The number of carbonyl (C=O) groups is 3. The number of nitrogens with two attached hydrogens (primary N) is 1. The number of carboxylic acid groups (broad SMARTS) is 1. The first-order valence-electron chi connectivity index (χ1n) is 4.99. The highest BCUT2D eigenvalue weighted by molar-refractivity contribution is 5.92. The molecule has 1 aliphatic rings. The third-order valence-corrected chi connectivity index (χ3v) is 2.47. The van der Waals surface area contributed by atoms with E-state index in [0.29, 0.717) is 6.54 Å². The Hall–Kier alpha value is -1.63. The number of carboxylic acids is 1.